The Morgan fingerprint density at radius 3 is 2.50 bits per heavy atom. The van der Waals surface area contributed by atoms with Gasteiger partial charge in [0.15, 0.2) is 11.8 Å². The molecule has 0 aliphatic carbocycles. The molecule has 0 amide bonds. The first-order chi connectivity index (χ1) is 13.1. The van der Waals surface area contributed by atoms with Crippen LogP contribution in [0.5, 0.6) is 0 Å². The van der Waals surface area contributed by atoms with Gasteiger partial charge in [0.25, 0.3) is 0 Å². The first-order valence-electron chi connectivity index (χ1n) is 9.38. The number of rotatable bonds is 9. The normalized spacial score (nSPS) is 12.6. The van der Waals surface area contributed by atoms with Gasteiger partial charge in [-0.3, -0.25) is 4.90 Å². The van der Waals surface area contributed by atoms with Crippen molar-refractivity contribution in [1.82, 2.24) is 25.7 Å². The van der Waals surface area contributed by atoms with Crippen molar-refractivity contribution in [3.8, 4) is 0 Å². The quantitative estimate of drug-likeness (QED) is 0.298. The Morgan fingerprint density at radius 1 is 1.21 bits per heavy atom. The lowest BCUT2D eigenvalue weighted by Crippen LogP contribution is -2.43. The second-order valence-electron chi connectivity index (χ2n) is 6.07. The maximum atomic E-state index is 6.47. The average Bonchev–Trinajstić information content (AvgIpc) is 3.09. The van der Waals surface area contributed by atoms with Crippen molar-refractivity contribution in [3.05, 3.63) is 46.6 Å². The summed E-state index contributed by atoms with van der Waals surface area (Å²) in [7, 11) is 0. The highest BCUT2D eigenvalue weighted by Crippen LogP contribution is 2.26. The molecular weight excluding hydrogens is 491 g/mol. The zero-order valence-electron chi connectivity index (χ0n) is 16.9. The Balaban J connectivity index is 0.00000392. The van der Waals surface area contributed by atoms with Crippen molar-refractivity contribution in [3.63, 3.8) is 0 Å². The molecule has 0 spiro atoms. The van der Waals surface area contributed by atoms with E-state index in [1.807, 2.05) is 25.1 Å². The molecule has 0 saturated heterocycles. The lowest BCUT2D eigenvalue weighted by atomic mass is 10.0. The molecule has 7 nitrogen and oxygen atoms in total. The summed E-state index contributed by atoms with van der Waals surface area (Å²) in [6, 6.07) is 8.14. The molecule has 0 bridgehead atoms. The standard InChI is InChI=1S/C19H29ClN6O.HI/c1-5-21-19(23-13-18-24-14(4)25-27-18)22-12-17(26(6-2)7-3)15-10-8-9-11-16(15)20;/h8-11,17H,5-7,12-13H2,1-4H3,(H2,21,22,23);1H. The summed E-state index contributed by atoms with van der Waals surface area (Å²) in [4.78, 5) is 11.1. The number of aryl methyl sites for hydroxylation is 1. The lowest BCUT2D eigenvalue weighted by Gasteiger charge is -2.31. The number of aliphatic imine (C=N–C) groups is 1. The Bertz CT molecular complexity index is 735. The third kappa shape index (κ3) is 7.21. The van der Waals surface area contributed by atoms with E-state index in [4.69, 9.17) is 16.1 Å². The van der Waals surface area contributed by atoms with E-state index < -0.39 is 0 Å². The molecule has 1 heterocycles. The molecule has 2 rings (SSSR count). The molecule has 0 saturated carbocycles. The molecule has 2 aromatic rings. The number of nitrogens with one attached hydrogen (secondary N) is 2. The predicted octanol–water partition coefficient (Wildman–Crippen LogP) is 3.79. The van der Waals surface area contributed by atoms with Crippen LogP contribution in [0.2, 0.25) is 5.02 Å². The molecule has 1 atom stereocenters. The van der Waals surface area contributed by atoms with Gasteiger partial charge in [-0.15, -0.1) is 24.0 Å². The largest absolute Gasteiger partial charge is 0.357 e. The first-order valence-corrected chi connectivity index (χ1v) is 9.76. The minimum Gasteiger partial charge on any atom is -0.357 e. The molecule has 0 aliphatic heterocycles. The molecule has 0 aliphatic rings. The first kappa shape index (κ1) is 24.6. The number of likely N-dealkylation sites (N-methyl/N-ethyl adjacent to an activating group) is 1. The van der Waals surface area contributed by atoms with Crippen LogP contribution in [-0.2, 0) is 6.54 Å². The van der Waals surface area contributed by atoms with Gasteiger partial charge in [0.05, 0.1) is 6.04 Å². The van der Waals surface area contributed by atoms with Crippen LogP contribution in [0.3, 0.4) is 0 Å². The van der Waals surface area contributed by atoms with Gasteiger partial charge in [-0.1, -0.05) is 48.8 Å². The smallest absolute Gasteiger partial charge is 0.248 e. The second-order valence-corrected chi connectivity index (χ2v) is 6.48. The number of nitrogens with zero attached hydrogens (tertiary/aromatic N) is 4. The molecule has 28 heavy (non-hydrogen) atoms. The van der Waals surface area contributed by atoms with Crippen molar-refractivity contribution in [2.24, 2.45) is 4.99 Å². The van der Waals surface area contributed by atoms with Crippen LogP contribution in [0.25, 0.3) is 0 Å². The van der Waals surface area contributed by atoms with E-state index >= 15 is 0 Å². The van der Waals surface area contributed by atoms with Crippen LogP contribution in [0.4, 0.5) is 0 Å². The van der Waals surface area contributed by atoms with Crippen LogP contribution in [0.15, 0.2) is 33.8 Å². The summed E-state index contributed by atoms with van der Waals surface area (Å²) in [5.74, 6) is 1.81. The van der Waals surface area contributed by atoms with Crippen LogP contribution in [0, 0.1) is 6.92 Å². The highest BCUT2D eigenvalue weighted by molar-refractivity contribution is 14.0. The van der Waals surface area contributed by atoms with Gasteiger partial charge < -0.3 is 15.2 Å². The highest BCUT2D eigenvalue weighted by atomic mass is 127. The third-order valence-corrected chi connectivity index (χ3v) is 4.61. The van der Waals surface area contributed by atoms with E-state index in [-0.39, 0.29) is 30.0 Å². The van der Waals surface area contributed by atoms with Crippen molar-refractivity contribution in [2.45, 2.75) is 40.3 Å². The fourth-order valence-corrected chi connectivity index (χ4v) is 3.19. The van der Waals surface area contributed by atoms with E-state index in [0.717, 1.165) is 30.2 Å². The van der Waals surface area contributed by atoms with E-state index in [2.05, 4.69) is 50.6 Å². The van der Waals surface area contributed by atoms with Crippen LogP contribution >= 0.6 is 35.6 Å². The van der Waals surface area contributed by atoms with Gasteiger partial charge in [0.1, 0.15) is 6.54 Å². The fourth-order valence-electron chi connectivity index (χ4n) is 2.93. The zero-order chi connectivity index (χ0) is 19.6. The Kier molecular flexibility index (Phi) is 11.4. The molecule has 1 unspecified atom stereocenters. The van der Waals surface area contributed by atoms with Crippen molar-refractivity contribution in [2.75, 3.05) is 26.2 Å². The summed E-state index contributed by atoms with van der Waals surface area (Å²) in [5.41, 5.74) is 1.11. The molecule has 0 radical (unpaired) electrons. The summed E-state index contributed by atoms with van der Waals surface area (Å²) in [6.45, 7) is 11.8. The number of guanidine groups is 1. The summed E-state index contributed by atoms with van der Waals surface area (Å²) >= 11 is 6.47. The van der Waals surface area contributed by atoms with Gasteiger partial charge >= 0.3 is 0 Å². The van der Waals surface area contributed by atoms with Gasteiger partial charge in [-0.25, -0.2) is 4.99 Å². The van der Waals surface area contributed by atoms with Crippen molar-refractivity contribution < 1.29 is 4.52 Å². The number of hydrogen-bond acceptors (Lipinski definition) is 5. The molecule has 1 aromatic carbocycles. The molecule has 2 N–H and O–H groups in total. The average molecular weight is 521 g/mol. The number of hydrogen-bond donors (Lipinski definition) is 2. The van der Waals surface area contributed by atoms with Gasteiger partial charge in [-0.2, -0.15) is 4.98 Å². The summed E-state index contributed by atoms with van der Waals surface area (Å²) in [6.07, 6.45) is 0. The maximum absolute atomic E-state index is 6.47. The minimum absolute atomic E-state index is 0. The van der Waals surface area contributed by atoms with Crippen molar-refractivity contribution in [1.29, 1.82) is 0 Å². The predicted molar refractivity (Wildman–Crippen MR) is 124 cm³/mol. The van der Waals surface area contributed by atoms with E-state index in [1.54, 1.807) is 6.92 Å². The maximum Gasteiger partial charge on any atom is 0.248 e. The SMILES string of the molecule is CCNC(=NCc1nc(C)no1)NCC(c1ccccc1Cl)N(CC)CC.I. The summed E-state index contributed by atoms with van der Waals surface area (Å²) < 4.78 is 5.13. The molecule has 0 fully saturated rings. The molecule has 1 aromatic heterocycles. The second kappa shape index (κ2) is 12.9. The van der Waals surface area contributed by atoms with Gasteiger partial charge in [0.2, 0.25) is 5.89 Å². The van der Waals surface area contributed by atoms with Gasteiger partial charge in [0, 0.05) is 18.1 Å². The van der Waals surface area contributed by atoms with Crippen LogP contribution in [-0.4, -0.2) is 47.2 Å². The van der Waals surface area contributed by atoms with Gasteiger partial charge in [-0.05, 0) is 38.6 Å². The molecular formula is C19H30ClIN6O. The Labute approximate surface area is 189 Å². The lowest BCUT2D eigenvalue weighted by molar-refractivity contribution is 0.219. The summed E-state index contributed by atoms with van der Waals surface area (Å²) in [5, 5.41) is 11.2. The third-order valence-electron chi connectivity index (χ3n) is 4.27. The van der Waals surface area contributed by atoms with Crippen molar-refractivity contribution >= 4 is 41.5 Å². The Morgan fingerprint density at radius 2 is 1.93 bits per heavy atom. The number of halogens is 2. The highest BCUT2D eigenvalue weighted by Gasteiger charge is 2.20. The van der Waals surface area contributed by atoms with Crippen LogP contribution < -0.4 is 10.6 Å². The number of aromatic nitrogens is 2. The van der Waals surface area contributed by atoms with Crippen LogP contribution in [0.1, 0.15) is 44.1 Å². The fraction of sp³-hybridized carbons (Fsp3) is 0.526. The minimum atomic E-state index is 0. The number of benzene rings is 1. The molecule has 9 heteroatoms. The zero-order valence-corrected chi connectivity index (χ0v) is 20.0. The van der Waals surface area contributed by atoms with E-state index in [1.165, 1.54) is 0 Å². The topological polar surface area (TPSA) is 78.6 Å². The van der Waals surface area contributed by atoms with E-state index in [9.17, 15) is 0 Å². The Hall–Kier alpha value is -1.39. The monoisotopic (exact) mass is 520 g/mol. The molecule has 156 valence electrons. The van der Waals surface area contributed by atoms with E-state index in [0.29, 0.717) is 30.8 Å².